The normalized spacial score (nSPS) is 11.2. The van der Waals surface area contributed by atoms with Crippen LogP contribution in [0.2, 0.25) is 0 Å². The molecular weight excluding hydrogens is 330 g/mol. The van der Waals surface area contributed by atoms with Crippen LogP contribution in [0.3, 0.4) is 0 Å². The largest absolute Gasteiger partial charge is 0.337 e. The van der Waals surface area contributed by atoms with Gasteiger partial charge >= 0.3 is 0 Å². The summed E-state index contributed by atoms with van der Waals surface area (Å²) in [6.45, 7) is 0.436. The fourth-order valence-corrected chi connectivity index (χ4v) is 2.71. The van der Waals surface area contributed by atoms with E-state index in [0.29, 0.717) is 29.7 Å². The molecule has 5 aromatic rings. The van der Waals surface area contributed by atoms with E-state index in [1.807, 2.05) is 42.6 Å². The Bertz CT molecular complexity index is 1140. The van der Waals surface area contributed by atoms with Crippen LogP contribution < -0.4 is 0 Å². The van der Waals surface area contributed by atoms with E-state index in [9.17, 15) is 0 Å². The smallest absolute Gasteiger partial charge is 0.181 e. The van der Waals surface area contributed by atoms with Crippen molar-refractivity contribution >= 4 is 11.0 Å². The van der Waals surface area contributed by atoms with Crippen molar-refractivity contribution in [3.8, 4) is 22.9 Å². The van der Waals surface area contributed by atoms with Crippen molar-refractivity contribution in [2.45, 2.75) is 6.54 Å². The molecule has 0 bridgehead atoms. The molecule has 4 aromatic heterocycles. The van der Waals surface area contributed by atoms with Crippen molar-refractivity contribution in [2.24, 2.45) is 0 Å². The topological polar surface area (TPSA) is 114 Å². The highest BCUT2D eigenvalue weighted by Gasteiger charge is 2.11. The van der Waals surface area contributed by atoms with Gasteiger partial charge in [0.05, 0.1) is 17.2 Å². The Kier molecular flexibility index (Phi) is 3.27. The average Bonchev–Trinajstić information content (AvgIpc) is 3.42. The summed E-state index contributed by atoms with van der Waals surface area (Å²) in [4.78, 5) is 16.3. The minimum atomic E-state index is 0.436. The molecule has 4 heterocycles. The molecule has 0 aliphatic carbocycles. The van der Waals surface area contributed by atoms with Crippen LogP contribution in [0.15, 0.2) is 55.0 Å². The molecule has 9 nitrogen and oxygen atoms in total. The number of pyridine rings is 1. The Morgan fingerprint density at radius 3 is 2.77 bits per heavy atom. The second kappa shape index (κ2) is 5.88. The molecule has 0 radical (unpaired) electrons. The molecule has 0 aliphatic heterocycles. The third-order valence-electron chi connectivity index (χ3n) is 3.95. The number of rotatable bonds is 4. The third kappa shape index (κ3) is 2.61. The summed E-state index contributed by atoms with van der Waals surface area (Å²) in [6.07, 6.45) is 5.25. The first-order chi connectivity index (χ1) is 12.8. The van der Waals surface area contributed by atoms with E-state index in [1.54, 1.807) is 17.1 Å². The molecule has 1 aromatic carbocycles. The third-order valence-corrected chi connectivity index (χ3v) is 3.95. The number of fused-ring (bicyclic) bond motifs is 1. The lowest BCUT2D eigenvalue weighted by Gasteiger charge is -1.94. The molecule has 0 saturated heterocycles. The van der Waals surface area contributed by atoms with E-state index in [2.05, 4.69) is 40.4 Å². The van der Waals surface area contributed by atoms with Crippen LogP contribution in [0, 0.1) is 0 Å². The fourth-order valence-electron chi connectivity index (χ4n) is 2.71. The Morgan fingerprint density at radius 1 is 1.00 bits per heavy atom. The number of imidazole rings is 1. The van der Waals surface area contributed by atoms with Gasteiger partial charge in [-0.05, 0) is 24.3 Å². The Hall–Kier alpha value is -3.88. The standard InChI is InChI=1S/C17H13N9/c1-2-4-13-12(3-1)19-17(20-13)14-9-26(25-22-14)10-15-21-16(24-23-15)11-5-7-18-8-6-11/h1-9H,10H2,(H,19,20)(H,21,23,24). The van der Waals surface area contributed by atoms with Crippen LogP contribution in [-0.2, 0) is 6.54 Å². The number of nitrogens with zero attached hydrogens (tertiary/aromatic N) is 7. The number of H-pyrrole nitrogens is 2. The summed E-state index contributed by atoms with van der Waals surface area (Å²) < 4.78 is 1.69. The molecule has 0 saturated carbocycles. The van der Waals surface area contributed by atoms with Crippen LogP contribution in [0.5, 0.6) is 0 Å². The molecule has 0 unspecified atom stereocenters. The number of hydrogen-bond acceptors (Lipinski definition) is 6. The van der Waals surface area contributed by atoms with Crippen molar-refractivity contribution < 1.29 is 0 Å². The molecule has 0 atom stereocenters. The van der Waals surface area contributed by atoms with Gasteiger partial charge in [0, 0.05) is 18.0 Å². The van der Waals surface area contributed by atoms with Crippen molar-refractivity contribution in [3.63, 3.8) is 0 Å². The molecule has 126 valence electrons. The van der Waals surface area contributed by atoms with Gasteiger partial charge in [-0.1, -0.05) is 17.3 Å². The minimum Gasteiger partial charge on any atom is -0.337 e. The van der Waals surface area contributed by atoms with E-state index in [-0.39, 0.29) is 0 Å². The van der Waals surface area contributed by atoms with E-state index in [0.717, 1.165) is 16.6 Å². The van der Waals surface area contributed by atoms with Crippen LogP contribution >= 0.6 is 0 Å². The van der Waals surface area contributed by atoms with Gasteiger partial charge in [0.2, 0.25) is 0 Å². The zero-order valence-electron chi connectivity index (χ0n) is 13.5. The van der Waals surface area contributed by atoms with Gasteiger partial charge in [-0.15, -0.1) is 5.10 Å². The first-order valence-electron chi connectivity index (χ1n) is 8.02. The minimum absolute atomic E-state index is 0.436. The number of para-hydroxylation sites is 2. The second-order valence-corrected chi connectivity index (χ2v) is 5.75. The summed E-state index contributed by atoms with van der Waals surface area (Å²) in [5, 5.41) is 15.5. The van der Waals surface area contributed by atoms with Crippen LogP contribution in [0.25, 0.3) is 33.9 Å². The Morgan fingerprint density at radius 2 is 1.88 bits per heavy atom. The summed E-state index contributed by atoms with van der Waals surface area (Å²) in [5.41, 5.74) is 3.45. The second-order valence-electron chi connectivity index (χ2n) is 5.75. The molecule has 26 heavy (non-hydrogen) atoms. The highest BCUT2D eigenvalue weighted by Crippen LogP contribution is 2.18. The van der Waals surface area contributed by atoms with E-state index >= 15 is 0 Å². The molecule has 5 rings (SSSR count). The first kappa shape index (κ1) is 14.5. The number of aromatic amines is 2. The fraction of sp³-hybridized carbons (Fsp3) is 0.0588. The van der Waals surface area contributed by atoms with Gasteiger partial charge in [0.15, 0.2) is 11.6 Å². The monoisotopic (exact) mass is 343 g/mol. The molecule has 0 spiro atoms. The van der Waals surface area contributed by atoms with Crippen molar-refractivity contribution in [2.75, 3.05) is 0 Å². The summed E-state index contributed by atoms with van der Waals surface area (Å²) in [5.74, 6) is 2.00. The van der Waals surface area contributed by atoms with E-state index in [4.69, 9.17) is 0 Å². The Labute approximate surface area is 147 Å². The predicted octanol–water partition coefficient (Wildman–Crippen LogP) is 2.05. The van der Waals surface area contributed by atoms with Crippen LogP contribution in [-0.4, -0.2) is 45.1 Å². The number of benzene rings is 1. The van der Waals surface area contributed by atoms with E-state index in [1.165, 1.54) is 0 Å². The summed E-state index contributed by atoms with van der Waals surface area (Å²) in [7, 11) is 0. The van der Waals surface area contributed by atoms with Gasteiger partial charge in [0.1, 0.15) is 18.1 Å². The molecule has 0 amide bonds. The lowest BCUT2D eigenvalue weighted by molar-refractivity contribution is 0.627. The number of hydrogen-bond donors (Lipinski definition) is 2. The molecule has 0 fully saturated rings. The van der Waals surface area contributed by atoms with Gasteiger partial charge in [-0.25, -0.2) is 14.6 Å². The predicted molar refractivity (Wildman–Crippen MR) is 93.8 cm³/mol. The van der Waals surface area contributed by atoms with Crippen molar-refractivity contribution in [1.29, 1.82) is 0 Å². The van der Waals surface area contributed by atoms with Crippen molar-refractivity contribution in [1.82, 2.24) is 45.1 Å². The maximum Gasteiger partial charge on any atom is 0.181 e. The van der Waals surface area contributed by atoms with Gasteiger partial charge in [0.25, 0.3) is 0 Å². The molecule has 2 N–H and O–H groups in total. The Balaban J connectivity index is 1.38. The number of nitrogens with one attached hydrogen (secondary N) is 2. The average molecular weight is 343 g/mol. The maximum absolute atomic E-state index is 4.53. The molecule has 9 heteroatoms. The zero-order valence-corrected chi connectivity index (χ0v) is 13.5. The molecule has 0 aliphatic rings. The van der Waals surface area contributed by atoms with E-state index < -0.39 is 0 Å². The quantitative estimate of drug-likeness (QED) is 0.516. The van der Waals surface area contributed by atoms with Crippen LogP contribution in [0.1, 0.15) is 5.82 Å². The summed E-state index contributed by atoms with van der Waals surface area (Å²) >= 11 is 0. The summed E-state index contributed by atoms with van der Waals surface area (Å²) in [6, 6.07) is 11.6. The number of aromatic nitrogens is 9. The van der Waals surface area contributed by atoms with Gasteiger partial charge in [-0.3, -0.25) is 10.1 Å². The highest BCUT2D eigenvalue weighted by molar-refractivity contribution is 5.78. The first-order valence-corrected chi connectivity index (χ1v) is 8.02. The lowest BCUT2D eigenvalue weighted by Crippen LogP contribution is -2.02. The van der Waals surface area contributed by atoms with Gasteiger partial charge < -0.3 is 4.98 Å². The zero-order chi connectivity index (χ0) is 17.3. The van der Waals surface area contributed by atoms with Crippen LogP contribution in [0.4, 0.5) is 0 Å². The lowest BCUT2D eigenvalue weighted by atomic mass is 10.2. The maximum atomic E-state index is 4.53. The highest BCUT2D eigenvalue weighted by atomic mass is 15.4. The van der Waals surface area contributed by atoms with Crippen molar-refractivity contribution in [3.05, 3.63) is 60.8 Å². The molecular formula is C17H13N9. The van der Waals surface area contributed by atoms with Gasteiger partial charge in [-0.2, -0.15) is 5.10 Å². The SMILES string of the molecule is c1ccc2[nH]c(-c3cn(Cc4nc(-c5ccncc5)n[nH]4)nn3)nc2c1.